The third-order valence-corrected chi connectivity index (χ3v) is 4.47. The van der Waals surface area contributed by atoms with Crippen molar-refractivity contribution >= 4 is 33.6 Å². The zero-order chi connectivity index (χ0) is 14.8. The Morgan fingerprint density at radius 1 is 1.40 bits per heavy atom. The molecule has 1 saturated carbocycles. The minimum atomic E-state index is -1.08. The van der Waals surface area contributed by atoms with Gasteiger partial charge >= 0.3 is 12.0 Å². The number of carbonyl (C=O) groups excluding carboxylic acids is 1. The molecule has 2 rings (SSSR count). The van der Waals surface area contributed by atoms with Crippen LogP contribution in [0.15, 0.2) is 22.7 Å². The Labute approximate surface area is 125 Å². The minimum Gasteiger partial charge on any atom is -0.478 e. The van der Waals surface area contributed by atoms with Gasteiger partial charge in [0, 0.05) is 11.0 Å². The number of carboxylic acid groups (broad SMARTS) is 1. The number of halogens is 1. The smallest absolute Gasteiger partial charge is 0.337 e. The normalized spacial score (nSPS) is 15.5. The highest BCUT2D eigenvalue weighted by Crippen LogP contribution is 2.47. The highest BCUT2D eigenvalue weighted by atomic mass is 79.9. The first kappa shape index (κ1) is 14.8. The van der Waals surface area contributed by atoms with E-state index in [1.807, 2.05) is 0 Å². The van der Waals surface area contributed by atoms with Gasteiger partial charge < -0.3 is 15.7 Å². The number of para-hydroxylation sites is 1. The summed E-state index contributed by atoms with van der Waals surface area (Å²) >= 11 is 3.25. The molecule has 108 valence electrons. The summed E-state index contributed by atoms with van der Waals surface area (Å²) in [6, 6.07) is 4.39. The third-order valence-electron chi connectivity index (χ3n) is 3.81. The Balaban J connectivity index is 2.02. The largest absolute Gasteiger partial charge is 0.478 e. The molecule has 0 saturated heterocycles. The summed E-state index contributed by atoms with van der Waals surface area (Å²) in [6.45, 7) is 2.74. The van der Waals surface area contributed by atoms with Crippen LogP contribution in [0.25, 0.3) is 0 Å². The number of anilines is 1. The minimum absolute atomic E-state index is 0.0613. The first-order valence-electron chi connectivity index (χ1n) is 6.54. The van der Waals surface area contributed by atoms with Gasteiger partial charge in [-0.05, 0) is 52.7 Å². The lowest BCUT2D eigenvalue weighted by Gasteiger charge is -2.15. The second-order valence-corrected chi connectivity index (χ2v) is 5.98. The van der Waals surface area contributed by atoms with E-state index >= 15 is 0 Å². The Hall–Kier alpha value is -1.56. The van der Waals surface area contributed by atoms with Gasteiger partial charge in [0.15, 0.2) is 0 Å². The van der Waals surface area contributed by atoms with E-state index in [9.17, 15) is 9.59 Å². The van der Waals surface area contributed by atoms with Crippen molar-refractivity contribution in [1.29, 1.82) is 0 Å². The molecule has 1 aromatic rings. The van der Waals surface area contributed by atoms with E-state index in [2.05, 4.69) is 33.5 Å². The van der Waals surface area contributed by atoms with E-state index in [1.54, 1.807) is 12.1 Å². The van der Waals surface area contributed by atoms with Crippen LogP contribution in [-0.4, -0.2) is 23.7 Å². The number of rotatable bonds is 5. The maximum atomic E-state index is 11.9. The number of carbonyl (C=O) groups is 2. The Bertz CT molecular complexity index is 541. The van der Waals surface area contributed by atoms with Crippen molar-refractivity contribution in [1.82, 2.24) is 5.32 Å². The molecule has 0 aromatic heterocycles. The van der Waals surface area contributed by atoms with E-state index in [4.69, 9.17) is 5.11 Å². The number of aromatic carboxylic acids is 1. The zero-order valence-corrected chi connectivity index (χ0v) is 12.8. The Morgan fingerprint density at radius 3 is 2.65 bits per heavy atom. The first-order valence-corrected chi connectivity index (χ1v) is 7.33. The van der Waals surface area contributed by atoms with Crippen LogP contribution in [0.1, 0.15) is 36.5 Å². The van der Waals surface area contributed by atoms with Gasteiger partial charge in [0.2, 0.25) is 0 Å². The van der Waals surface area contributed by atoms with E-state index in [-0.39, 0.29) is 22.7 Å². The molecule has 0 bridgehead atoms. The van der Waals surface area contributed by atoms with Crippen molar-refractivity contribution in [3.05, 3.63) is 28.2 Å². The highest BCUT2D eigenvalue weighted by Gasteiger charge is 2.40. The lowest BCUT2D eigenvalue weighted by Crippen LogP contribution is -2.34. The maximum Gasteiger partial charge on any atom is 0.337 e. The number of urea groups is 1. The average Bonchev–Trinajstić information content (AvgIpc) is 3.19. The van der Waals surface area contributed by atoms with E-state index in [1.165, 1.54) is 6.07 Å². The number of hydrogen-bond acceptors (Lipinski definition) is 2. The van der Waals surface area contributed by atoms with Crippen LogP contribution < -0.4 is 10.6 Å². The van der Waals surface area contributed by atoms with Crippen LogP contribution in [0.2, 0.25) is 0 Å². The summed E-state index contributed by atoms with van der Waals surface area (Å²) in [7, 11) is 0. The van der Waals surface area contributed by atoms with E-state index in [0.29, 0.717) is 11.0 Å². The van der Waals surface area contributed by atoms with Crippen molar-refractivity contribution in [3.63, 3.8) is 0 Å². The van der Waals surface area contributed by atoms with Crippen molar-refractivity contribution in [2.45, 2.75) is 26.2 Å². The Kier molecular flexibility index (Phi) is 4.32. The van der Waals surface area contributed by atoms with Gasteiger partial charge in [-0.25, -0.2) is 9.59 Å². The van der Waals surface area contributed by atoms with Crippen molar-refractivity contribution in [2.24, 2.45) is 5.41 Å². The summed E-state index contributed by atoms with van der Waals surface area (Å²) in [4.78, 5) is 23.0. The fraction of sp³-hybridized carbons (Fsp3) is 0.429. The molecule has 0 atom stereocenters. The molecule has 3 N–H and O–H groups in total. The number of carboxylic acids is 1. The highest BCUT2D eigenvalue weighted by molar-refractivity contribution is 9.10. The Morgan fingerprint density at radius 2 is 2.10 bits per heavy atom. The molecule has 20 heavy (non-hydrogen) atoms. The molecule has 1 aromatic carbocycles. The standard InChI is InChI=1S/C14H17BrN2O3/c1-2-14(6-7-14)8-16-13(20)17-11-9(12(18)19)4-3-5-10(11)15/h3-5H,2,6-8H2,1H3,(H,18,19)(H2,16,17,20). The van der Waals surface area contributed by atoms with Gasteiger partial charge in [0.25, 0.3) is 0 Å². The van der Waals surface area contributed by atoms with Crippen LogP contribution in [-0.2, 0) is 0 Å². The SMILES string of the molecule is CCC1(CNC(=O)Nc2c(Br)cccc2C(=O)O)CC1. The van der Waals surface area contributed by atoms with Crippen LogP contribution >= 0.6 is 15.9 Å². The van der Waals surface area contributed by atoms with Gasteiger partial charge in [-0.3, -0.25) is 0 Å². The molecule has 1 aliphatic rings. The van der Waals surface area contributed by atoms with Gasteiger partial charge in [0.1, 0.15) is 0 Å². The van der Waals surface area contributed by atoms with Gasteiger partial charge in [-0.15, -0.1) is 0 Å². The average molecular weight is 341 g/mol. The van der Waals surface area contributed by atoms with Crippen molar-refractivity contribution in [3.8, 4) is 0 Å². The molecule has 5 nitrogen and oxygen atoms in total. The number of hydrogen-bond donors (Lipinski definition) is 3. The molecular formula is C14H17BrN2O3. The molecule has 0 spiro atoms. The third kappa shape index (κ3) is 3.30. The van der Waals surface area contributed by atoms with Crippen molar-refractivity contribution in [2.75, 3.05) is 11.9 Å². The van der Waals surface area contributed by atoms with Crippen LogP contribution in [0, 0.1) is 5.41 Å². The lowest BCUT2D eigenvalue weighted by molar-refractivity contribution is 0.0698. The van der Waals surface area contributed by atoms with E-state index < -0.39 is 5.97 Å². The topological polar surface area (TPSA) is 78.4 Å². The van der Waals surface area contributed by atoms with E-state index in [0.717, 1.165) is 19.3 Å². The maximum absolute atomic E-state index is 11.9. The first-order chi connectivity index (χ1) is 9.47. The molecule has 1 aliphatic carbocycles. The molecule has 2 amide bonds. The zero-order valence-electron chi connectivity index (χ0n) is 11.2. The fourth-order valence-corrected chi connectivity index (χ4v) is 2.55. The van der Waals surface area contributed by atoms with Gasteiger partial charge in [0.05, 0.1) is 11.3 Å². The molecule has 0 radical (unpaired) electrons. The molecule has 1 fully saturated rings. The summed E-state index contributed by atoms with van der Waals surface area (Å²) in [6.07, 6.45) is 3.32. The molecule has 0 unspecified atom stereocenters. The molecular weight excluding hydrogens is 324 g/mol. The van der Waals surface area contributed by atoms with Crippen LogP contribution in [0.5, 0.6) is 0 Å². The number of amides is 2. The quantitative estimate of drug-likeness (QED) is 0.767. The second-order valence-electron chi connectivity index (χ2n) is 5.13. The fourth-order valence-electron chi connectivity index (χ4n) is 2.09. The second kappa shape index (κ2) is 5.83. The summed E-state index contributed by atoms with van der Waals surface area (Å²) in [5, 5.41) is 14.5. The van der Waals surface area contributed by atoms with Gasteiger partial charge in [-0.2, -0.15) is 0 Å². The molecule has 6 heteroatoms. The molecule has 0 aliphatic heterocycles. The lowest BCUT2D eigenvalue weighted by atomic mass is 10.0. The van der Waals surface area contributed by atoms with Gasteiger partial charge in [-0.1, -0.05) is 13.0 Å². The monoisotopic (exact) mass is 340 g/mol. The van der Waals surface area contributed by atoms with Crippen LogP contribution in [0.3, 0.4) is 0 Å². The number of benzene rings is 1. The summed E-state index contributed by atoms with van der Waals surface area (Å²) in [5.74, 6) is -1.08. The summed E-state index contributed by atoms with van der Waals surface area (Å²) in [5.41, 5.74) is 0.589. The molecule has 0 heterocycles. The number of nitrogens with one attached hydrogen (secondary N) is 2. The summed E-state index contributed by atoms with van der Waals surface area (Å²) < 4.78 is 0.546. The van der Waals surface area contributed by atoms with Crippen molar-refractivity contribution < 1.29 is 14.7 Å². The predicted molar refractivity (Wildman–Crippen MR) is 80.1 cm³/mol. The van der Waals surface area contributed by atoms with Crippen LogP contribution in [0.4, 0.5) is 10.5 Å². The predicted octanol–water partition coefficient (Wildman–Crippen LogP) is 3.46.